The molecule has 0 fully saturated rings. The number of hydrogen-bond acceptors (Lipinski definition) is 4. The van der Waals surface area contributed by atoms with Gasteiger partial charge in [-0.2, -0.15) is 9.50 Å². The Kier molecular flexibility index (Phi) is 5.87. The monoisotopic (exact) mass is 449 g/mol. The maximum absolute atomic E-state index is 13.5. The summed E-state index contributed by atoms with van der Waals surface area (Å²) in [7, 11) is 0. The number of aryl methyl sites for hydroxylation is 1. The Morgan fingerprint density at radius 3 is 2.52 bits per heavy atom. The van der Waals surface area contributed by atoms with E-state index in [-0.39, 0.29) is 17.7 Å². The molecule has 7 nitrogen and oxygen atoms in total. The van der Waals surface area contributed by atoms with Crippen molar-refractivity contribution in [2.45, 2.75) is 26.8 Å². The van der Waals surface area contributed by atoms with Crippen LogP contribution in [0.4, 0.5) is 14.5 Å². The van der Waals surface area contributed by atoms with Gasteiger partial charge in [0, 0.05) is 35.1 Å². The minimum atomic E-state index is -1.08. The largest absolute Gasteiger partial charge is 0.326 e. The van der Waals surface area contributed by atoms with Gasteiger partial charge in [0.05, 0.1) is 6.42 Å². The van der Waals surface area contributed by atoms with Crippen molar-refractivity contribution in [1.82, 2.24) is 19.2 Å². The number of aromatic nitrogens is 4. The summed E-state index contributed by atoms with van der Waals surface area (Å²) >= 11 is 0. The first kappa shape index (κ1) is 22.1. The fourth-order valence-electron chi connectivity index (χ4n) is 3.53. The molecule has 33 heavy (non-hydrogen) atoms. The van der Waals surface area contributed by atoms with Crippen LogP contribution in [0.5, 0.6) is 0 Å². The molecule has 0 bridgehead atoms. The Hall–Kier alpha value is -4.14. The lowest BCUT2D eigenvalue weighted by molar-refractivity contribution is -0.115. The molecule has 0 aliphatic rings. The minimum absolute atomic E-state index is 0.0893. The summed E-state index contributed by atoms with van der Waals surface area (Å²) in [6, 6.07) is 10.6. The average Bonchev–Trinajstić information content (AvgIpc) is 3.23. The minimum Gasteiger partial charge on any atom is -0.326 e. The summed E-state index contributed by atoms with van der Waals surface area (Å²) in [6.45, 7) is 7.79. The zero-order valence-corrected chi connectivity index (χ0v) is 18.1. The molecule has 9 heteroatoms. The first-order valence-electron chi connectivity index (χ1n) is 10.2. The van der Waals surface area contributed by atoms with E-state index < -0.39 is 23.1 Å². The van der Waals surface area contributed by atoms with Crippen LogP contribution in [0, 0.1) is 25.5 Å². The first-order valence-corrected chi connectivity index (χ1v) is 10.2. The Balaban J connectivity index is 1.75. The number of anilines is 1. The number of nitrogens with zero attached hydrogens (tertiary/aromatic N) is 4. The second kappa shape index (κ2) is 8.78. The van der Waals surface area contributed by atoms with E-state index in [1.165, 1.54) is 10.6 Å². The van der Waals surface area contributed by atoms with Crippen LogP contribution in [0.25, 0.3) is 17.2 Å². The van der Waals surface area contributed by atoms with E-state index >= 15 is 0 Å². The topological polar surface area (TPSA) is 81.3 Å². The Morgan fingerprint density at radius 2 is 1.85 bits per heavy atom. The van der Waals surface area contributed by atoms with Crippen LogP contribution < -0.4 is 10.9 Å². The van der Waals surface area contributed by atoms with E-state index in [9.17, 15) is 18.4 Å². The summed E-state index contributed by atoms with van der Waals surface area (Å²) in [6.07, 6.45) is 1.37. The smallest absolute Gasteiger partial charge is 0.279 e. The summed E-state index contributed by atoms with van der Waals surface area (Å²) in [5.41, 5.74) is 2.20. The molecule has 2 aromatic carbocycles. The number of nitrogens with one attached hydrogen (secondary N) is 1. The van der Waals surface area contributed by atoms with Crippen molar-refractivity contribution in [2.24, 2.45) is 0 Å². The summed E-state index contributed by atoms with van der Waals surface area (Å²) < 4.78 is 29.5. The van der Waals surface area contributed by atoms with Crippen molar-refractivity contribution in [3.05, 3.63) is 93.9 Å². The number of rotatable bonds is 6. The molecule has 0 aliphatic heterocycles. The average molecular weight is 449 g/mol. The molecule has 2 heterocycles. The molecule has 0 unspecified atom stereocenters. The van der Waals surface area contributed by atoms with Crippen LogP contribution in [0.2, 0.25) is 0 Å². The van der Waals surface area contributed by atoms with Crippen LogP contribution >= 0.6 is 0 Å². The number of halogens is 2. The van der Waals surface area contributed by atoms with E-state index in [1.54, 1.807) is 17.6 Å². The molecule has 4 aromatic rings. The highest BCUT2D eigenvalue weighted by Gasteiger charge is 2.20. The molecular weight excluding hydrogens is 428 g/mol. The number of hydrogen-bond donors (Lipinski definition) is 1. The SMILES string of the molecule is C=CCn1c(C)c(CC(=O)Nc2ccc(F)c(F)c2)c(=O)n2nc(-c3ccc(C)cc3)nc12. The van der Waals surface area contributed by atoms with Crippen LogP contribution in [0.1, 0.15) is 16.8 Å². The number of fused-ring (bicyclic) bond motifs is 1. The summed E-state index contributed by atoms with van der Waals surface area (Å²) in [5, 5.41) is 6.87. The number of amides is 1. The molecule has 0 saturated carbocycles. The zero-order chi connectivity index (χ0) is 23.7. The lowest BCUT2D eigenvalue weighted by Crippen LogP contribution is -2.29. The second-order valence-corrected chi connectivity index (χ2v) is 7.64. The zero-order valence-electron chi connectivity index (χ0n) is 18.1. The van der Waals surface area contributed by atoms with Gasteiger partial charge in [0.15, 0.2) is 17.5 Å². The number of carbonyl (C=O) groups is 1. The molecule has 0 spiro atoms. The third-order valence-corrected chi connectivity index (χ3v) is 5.29. The van der Waals surface area contributed by atoms with Gasteiger partial charge in [-0.3, -0.25) is 9.59 Å². The Bertz CT molecular complexity index is 1440. The molecule has 2 aromatic heterocycles. The lowest BCUT2D eigenvalue weighted by Gasteiger charge is -2.14. The molecule has 0 saturated heterocycles. The fourth-order valence-corrected chi connectivity index (χ4v) is 3.53. The van der Waals surface area contributed by atoms with E-state index in [2.05, 4.69) is 22.0 Å². The summed E-state index contributed by atoms with van der Waals surface area (Å²) in [5.74, 6) is -1.93. The fraction of sp³-hybridized carbons (Fsp3) is 0.167. The third kappa shape index (κ3) is 4.30. The van der Waals surface area contributed by atoms with Crippen molar-refractivity contribution < 1.29 is 13.6 Å². The standard InChI is InChI=1S/C24H21F2N5O2/c1-4-11-30-15(3)18(13-21(32)27-17-9-10-19(25)20(26)12-17)23(33)31-24(30)28-22(29-31)16-7-5-14(2)6-8-16/h4-10,12H,1,11,13H2,2-3H3,(H,27,32). The normalized spacial score (nSPS) is 11.0. The van der Waals surface area contributed by atoms with Gasteiger partial charge in [0.25, 0.3) is 5.56 Å². The van der Waals surface area contributed by atoms with Crippen LogP contribution in [-0.4, -0.2) is 25.1 Å². The second-order valence-electron chi connectivity index (χ2n) is 7.64. The predicted octanol–water partition coefficient (Wildman–Crippen LogP) is 3.82. The van der Waals surface area contributed by atoms with E-state index in [4.69, 9.17) is 0 Å². The van der Waals surface area contributed by atoms with E-state index in [0.29, 0.717) is 23.8 Å². The van der Waals surface area contributed by atoms with Crippen molar-refractivity contribution in [3.63, 3.8) is 0 Å². The molecule has 0 atom stereocenters. The highest BCUT2D eigenvalue weighted by atomic mass is 19.2. The number of benzene rings is 2. The number of carbonyl (C=O) groups excluding carboxylic acids is 1. The first-order chi connectivity index (χ1) is 15.8. The molecule has 1 amide bonds. The van der Waals surface area contributed by atoms with Crippen LogP contribution in [0.3, 0.4) is 0 Å². The third-order valence-electron chi connectivity index (χ3n) is 5.29. The van der Waals surface area contributed by atoms with Gasteiger partial charge < -0.3 is 9.88 Å². The maximum Gasteiger partial charge on any atom is 0.279 e. The summed E-state index contributed by atoms with van der Waals surface area (Å²) in [4.78, 5) is 30.4. The highest BCUT2D eigenvalue weighted by molar-refractivity contribution is 5.92. The van der Waals surface area contributed by atoms with E-state index in [1.807, 2.05) is 31.2 Å². The quantitative estimate of drug-likeness (QED) is 0.454. The van der Waals surface area contributed by atoms with Crippen molar-refractivity contribution >= 4 is 17.4 Å². The van der Waals surface area contributed by atoms with Gasteiger partial charge >= 0.3 is 0 Å². The predicted molar refractivity (Wildman–Crippen MR) is 121 cm³/mol. The lowest BCUT2D eigenvalue weighted by atomic mass is 10.1. The van der Waals surface area contributed by atoms with Crippen molar-refractivity contribution in [3.8, 4) is 11.4 Å². The molecule has 4 rings (SSSR count). The van der Waals surface area contributed by atoms with Gasteiger partial charge in [-0.05, 0) is 26.0 Å². The van der Waals surface area contributed by atoms with Gasteiger partial charge in [0.2, 0.25) is 11.7 Å². The molecule has 1 N–H and O–H groups in total. The Morgan fingerprint density at radius 1 is 1.12 bits per heavy atom. The number of allylic oxidation sites excluding steroid dienone is 1. The Labute approximate surface area is 188 Å². The molecular formula is C24H21F2N5O2. The van der Waals surface area contributed by atoms with E-state index in [0.717, 1.165) is 23.3 Å². The van der Waals surface area contributed by atoms with Crippen molar-refractivity contribution in [1.29, 1.82) is 0 Å². The van der Waals surface area contributed by atoms with Crippen LogP contribution in [-0.2, 0) is 17.8 Å². The molecule has 0 aliphatic carbocycles. The van der Waals surface area contributed by atoms with Gasteiger partial charge in [-0.1, -0.05) is 35.9 Å². The van der Waals surface area contributed by atoms with Gasteiger partial charge in [-0.25, -0.2) is 8.78 Å². The van der Waals surface area contributed by atoms with Gasteiger partial charge in [-0.15, -0.1) is 11.7 Å². The highest BCUT2D eigenvalue weighted by Crippen LogP contribution is 2.19. The molecule has 168 valence electrons. The maximum atomic E-state index is 13.5. The van der Waals surface area contributed by atoms with Crippen LogP contribution in [0.15, 0.2) is 59.9 Å². The molecule has 0 radical (unpaired) electrons. The van der Waals surface area contributed by atoms with Gasteiger partial charge in [0.1, 0.15) is 0 Å². The van der Waals surface area contributed by atoms with Crippen molar-refractivity contribution in [2.75, 3.05) is 5.32 Å².